The number of likely N-dealkylation sites (tertiary alicyclic amines) is 1. The van der Waals surface area contributed by atoms with Crippen LogP contribution in [0.2, 0.25) is 0 Å². The predicted molar refractivity (Wildman–Crippen MR) is 91.9 cm³/mol. The average Bonchev–Trinajstić information content (AvgIpc) is 3.15. The van der Waals surface area contributed by atoms with Crippen molar-refractivity contribution >= 4 is 0 Å². The molecule has 1 aliphatic heterocycles. The third-order valence-corrected chi connectivity index (χ3v) is 4.51. The van der Waals surface area contributed by atoms with Gasteiger partial charge in [-0.25, -0.2) is 0 Å². The van der Waals surface area contributed by atoms with E-state index in [2.05, 4.69) is 14.7 Å². The summed E-state index contributed by atoms with van der Waals surface area (Å²) in [6.45, 7) is 2.95. The van der Waals surface area contributed by atoms with Gasteiger partial charge in [-0.15, -0.1) is 0 Å². The lowest BCUT2D eigenvalue weighted by Crippen LogP contribution is -2.36. The molecule has 0 bridgehead atoms. The molecule has 0 aliphatic carbocycles. The van der Waals surface area contributed by atoms with Gasteiger partial charge in [0.15, 0.2) is 11.5 Å². The molecule has 24 heavy (non-hydrogen) atoms. The lowest BCUT2D eigenvalue weighted by molar-refractivity contribution is 0.163. The smallest absolute Gasteiger partial charge is 0.203 e. The van der Waals surface area contributed by atoms with Crippen LogP contribution < -0.4 is 14.2 Å². The van der Waals surface area contributed by atoms with E-state index in [9.17, 15) is 0 Å². The first-order valence-electron chi connectivity index (χ1n) is 8.25. The second-order valence-corrected chi connectivity index (χ2v) is 6.05. The van der Waals surface area contributed by atoms with Crippen LogP contribution in [0.1, 0.15) is 24.4 Å². The summed E-state index contributed by atoms with van der Waals surface area (Å²) >= 11 is 0. The highest BCUT2D eigenvalue weighted by Gasteiger charge is 2.22. The van der Waals surface area contributed by atoms with Gasteiger partial charge in [0.1, 0.15) is 0 Å². The summed E-state index contributed by atoms with van der Waals surface area (Å²) in [5.41, 5.74) is 1.16. The van der Waals surface area contributed by atoms with Crippen LogP contribution in [-0.4, -0.2) is 49.1 Å². The number of hydrogen-bond acceptors (Lipinski definition) is 5. The highest BCUT2D eigenvalue weighted by atomic mass is 16.5. The second kappa shape index (κ2) is 7.57. The van der Waals surface area contributed by atoms with E-state index in [4.69, 9.17) is 14.2 Å². The van der Waals surface area contributed by atoms with Crippen molar-refractivity contribution in [2.24, 2.45) is 0 Å². The summed E-state index contributed by atoms with van der Waals surface area (Å²) in [5.74, 6) is 2.04. The lowest BCUT2D eigenvalue weighted by atomic mass is 10.0. The van der Waals surface area contributed by atoms with Crippen LogP contribution in [0.25, 0.3) is 0 Å². The Bertz CT molecular complexity index is 633. The van der Waals surface area contributed by atoms with E-state index in [0.717, 1.165) is 25.2 Å². The molecule has 1 aromatic carbocycles. The SMILES string of the molecule is COc1cc(CN2CCC[C@H](n3cccn3)C2)cc(OC)c1OC. The summed E-state index contributed by atoms with van der Waals surface area (Å²) in [6.07, 6.45) is 6.24. The van der Waals surface area contributed by atoms with E-state index in [1.165, 1.54) is 12.8 Å². The topological polar surface area (TPSA) is 48.8 Å². The quantitative estimate of drug-likeness (QED) is 0.814. The summed E-state index contributed by atoms with van der Waals surface area (Å²) in [5, 5.41) is 4.39. The van der Waals surface area contributed by atoms with Crippen LogP contribution in [0, 0.1) is 0 Å². The Morgan fingerprint density at radius 1 is 1.12 bits per heavy atom. The van der Waals surface area contributed by atoms with E-state index < -0.39 is 0 Å². The zero-order valence-electron chi connectivity index (χ0n) is 14.6. The Morgan fingerprint density at radius 3 is 2.46 bits per heavy atom. The fraction of sp³-hybridized carbons (Fsp3) is 0.500. The van der Waals surface area contributed by atoms with Gasteiger partial charge in [-0.2, -0.15) is 5.10 Å². The van der Waals surface area contributed by atoms with Gasteiger partial charge in [0, 0.05) is 25.5 Å². The molecule has 130 valence electrons. The van der Waals surface area contributed by atoms with Crippen LogP contribution in [0.4, 0.5) is 0 Å². The van der Waals surface area contributed by atoms with Crippen molar-refractivity contribution in [3.63, 3.8) is 0 Å². The molecule has 0 N–H and O–H groups in total. The van der Waals surface area contributed by atoms with Crippen molar-refractivity contribution in [1.29, 1.82) is 0 Å². The van der Waals surface area contributed by atoms with Crippen molar-refractivity contribution in [2.45, 2.75) is 25.4 Å². The molecule has 1 fully saturated rings. The van der Waals surface area contributed by atoms with Crippen molar-refractivity contribution in [1.82, 2.24) is 14.7 Å². The summed E-state index contributed by atoms with van der Waals surface area (Å²) in [7, 11) is 4.92. The Hall–Kier alpha value is -2.21. The van der Waals surface area contributed by atoms with Crippen molar-refractivity contribution in [2.75, 3.05) is 34.4 Å². The van der Waals surface area contributed by atoms with E-state index in [0.29, 0.717) is 23.3 Å². The van der Waals surface area contributed by atoms with Crippen molar-refractivity contribution < 1.29 is 14.2 Å². The number of piperidine rings is 1. The molecule has 0 amide bonds. The Morgan fingerprint density at radius 2 is 1.88 bits per heavy atom. The average molecular weight is 331 g/mol. The predicted octanol–water partition coefficient (Wildman–Crippen LogP) is 2.75. The molecule has 2 heterocycles. The standard InChI is InChI=1S/C18H25N3O3/c1-22-16-10-14(11-17(23-2)18(16)24-3)12-20-8-4-6-15(13-20)21-9-5-7-19-21/h5,7,9-11,15H,4,6,8,12-13H2,1-3H3/t15-/m0/s1. The molecule has 0 radical (unpaired) electrons. The van der Waals surface area contributed by atoms with E-state index in [1.807, 2.05) is 30.6 Å². The van der Waals surface area contributed by atoms with Crippen LogP contribution >= 0.6 is 0 Å². The van der Waals surface area contributed by atoms with Crippen LogP contribution in [0.15, 0.2) is 30.6 Å². The lowest BCUT2D eigenvalue weighted by Gasteiger charge is -2.33. The number of hydrogen-bond donors (Lipinski definition) is 0. The minimum absolute atomic E-state index is 0.441. The highest BCUT2D eigenvalue weighted by Crippen LogP contribution is 2.38. The first-order valence-corrected chi connectivity index (χ1v) is 8.25. The van der Waals surface area contributed by atoms with Crippen LogP contribution in [0.3, 0.4) is 0 Å². The van der Waals surface area contributed by atoms with Gasteiger partial charge in [0.2, 0.25) is 5.75 Å². The maximum absolute atomic E-state index is 5.45. The molecule has 1 atom stereocenters. The molecule has 0 unspecified atom stereocenters. The summed E-state index contributed by atoms with van der Waals surface area (Å²) < 4.78 is 18.4. The summed E-state index contributed by atoms with van der Waals surface area (Å²) in [6, 6.07) is 6.48. The molecular weight excluding hydrogens is 306 g/mol. The largest absolute Gasteiger partial charge is 0.493 e. The van der Waals surface area contributed by atoms with Gasteiger partial charge in [-0.05, 0) is 43.1 Å². The Balaban J connectivity index is 1.75. The van der Waals surface area contributed by atoms with Gasteiger partial charge in [-0.3, -0.25) is 9.58 Å². The van der Waals surface area contributed by atoms with Crippen LogP contribution in [-0.2, 0) is 6.54 Å². The molecule has 3 rings (SSSR count). The summed E-state index contributed by atoms with van der Waals surface area (Å²) in [4.78, 5) is 2.45. The zero-order chi connectivity index (χ0) is 16.9. The Labute approximate surface area is 142 Å². The first-order chi connectivity index (χ1) is 11.7. The van der Waals surface area contributed by atoms with Gasteiger partial charge < -0.3 is 14.2 Å². The van der Waals surface area contributed by atoms with Crippen LogP contribution in [0.5, 0.6) is 17.2 Å². The van der Waals surface area contributed by atoms with E-state index >= 15 is 0 Å². The normalized spacial score (nSPS) is 18.4. The molecule has 0 saturated carbocycles. The van der Waals surface area contributed by atoms with Crippen molar-refractivity contribution in [3.8, 4) is 17.2 Å². The van der Waals surface area contributed by atoms with Crippen molar-refractivity contribution in [3.05, 3.63) is 36.2 Å². The molecule has 1 saturated heterocycles. The molecule has 6 nitrogen and oxygen atoms in total. The minimum Gasteiger partial charge on any atom is -0.493 e. The third kappa shape index (κ3) is 3.48. The molecule has 6 heteroatoms. The Kier molecular flexibility index (Phi) is 5.25. The second-order valence-electron chi connectivity index (χ2n) is 6.05. The monoisotopic (exact) mass is 331 g/mol. The molecule has 2 aromatic rings. The third-order valence-electron chi connectivity index (χ3n) is 4.51. The number of nitrogens with zero attached hydrogens (tertiary/aromatic N) is 3. The zero-order valence-corrected chi connectivity index (χ0v) is 14.6. The number of methoxy groups -OCH3 is 3. The van der Waals surface area contributed by atoms with E-state index in [1.54, 1.807) is 21.3 Å². The number of aromatic nitrogens is 2. The highest BCUT2D eigenvalue weighted by molar-refractivity contribution is 5.53. The number of ether oxygens (including phenoxy) is 3. The number of benzene rings is 1. The molecule has 1 aromatic heterocycles. The fourth-order valence-corrected chi connectivity index (χ4v) is 3.37. The van der Waals surface area contributed by atoms with Gasteiger partial charge in [-0.1, -0.05) is 0 Å². The maximum atomic E-state index is 5.45. The van der Waals surface area contributed by atoms with Gasteiger partial charge >= 0.3 is 0 Å². The minimum atomic E-state index is 0.441. The molecule has 1 aliphatic rings. The first kappa shape index (κ1) is 16.6. The molecule has 0 spiro atoms. The number of rotatable bonds is 6. The van der Waals surface area contributed by atoms with Gasteiger partial charge in [0.05, 0.1) is 27.4 Å². The fourth-order valence-electron chi connectivity index (χ4n) is 3.37. The van der Waals surface area contributed by atoms with E-state index in [-0.39, 0.29) is 0 Å². The molecular formula is C18H25N3O3. The van der Waals surface area contributed by atoms with Gasteiger partial charge in [0.25, 0.3) is 0 Å². The maximum Gasteiger partial charge on any atom is 0.203 e.